The van der Waals surface area contributed by atoms with Crippen LogP contribution in [0.1, 0.15) is 17.3 Å². The van der Waals surface area contributed by atoms with Crippen LogP contribution in [-0.2, 0) is 9.53 Å². The fraction of sp³-hybridized carbons (Fsp3) is 0.111. The van der Waals surface area contributed by atoms with Crippen LogP contribution in [0.5, 0.6) is 0 Å². The van der Waals surface area contributed by atoms with E-state index in [1.807, 2.05) is 0 Å². The zero-order valence-electron chi connectivity index (χ0n) is 13.8. The largest absolute Gasteiger partial charge is 0.462 e. The lowest BCUT2D eigenvalue weighted by Crippen LogP contribution is -2.17. The topological polar surface area (TPSA) is 104 Å². The smallest absolute Gasteiger partial charge is 0.340 e. The number of nitriles is 1. The SMILES string of the molecule is CCOC(=O)c1ccccc1NC(=O)/C(C#N)=C\Nc1ccc(Cl)cn1. The standard InChI is InChI=1S/C18H15ClN4O3/c1-2-26-18(25)14-5-3-4-6-15(14)23-17(24)12(9-20)10-21-16-8-7-13(19)11-22-16/h3-8,10-11H,2H2,1H3,(H,21,22)(H,23,24)/b12-10-. The number of halogens is 1. The molecule has 132 valence electrons. The van der Waals surface area contributed by atoms with E-state index < -0.39 is 11.9 Å². The fourth-order valence-electron chi connectivity index (χ4n) is 1.92. The van der Waals surface area contributed by atoms with Crippen molar-refractivity contribution in [1.82, 2.24) is 4.98 Å². The van der Waals surface area contributed by atoms with Gasteiger partial charge in [-0.3, -0.25) is 4.79 Å². The Balaban J connectivity index is 2.15. The van der Waals surface area contributed by atoms with Crippen LogP contribution in [0.2, 0.25) is 5.02 Å². The Kier molecular flexibility index (Phi) is 6.71. The first-order chi connectivity index (χ1) is 12.5. The molecule has 0 saturated carbocycles. The number of ether oxygens (including phenoxy) is 1. The molecule has 1 heterocycles. The van der Waals surface area contributed by atoms with E-state index in [1.54, 1.807) is 43.3 Å². The van der Waals surface area contributed by atoms with Gasteiger partial charge in [0, 0.05) is 12.4 Å². The van der Waals surface area contributed by atoms with Crippen LogP contribution >= 0.6 is 11.6 Å². The number of aromatic nitrogens is 1. The van der Waals surface area contributed by atoms with Crippen LogP contribution < -0.4 is 10.6 Å². The Labute approximate surface area is 155 Å². The molecule has 7 nitrogen and oxygen atoms in total. The van der Waals surface area contributed by atoms with Crippen molar-refractivity contribution in [3.05, 3.63) is 65.0 Å². The van der Waals surface area contributed by atoms with E-state index in [-0.39, 0.29) is 23.4 Å². The van der Waals surface area contributed by atoms with Crippen LogP contribution in [0.4, 0.5) is 11.5 Å². The summed E-state index contributed by atoms with van der Waals surface area (Å²) in [7, 11) is 0. The maximum Gasteiger partial charge on any atom is 0.340 e. The van der Waals surface area contributed by atoms with Gasteiger partial charge in [-0.2, -0.15) is 5.26 Å². The summed E-state index contributed by atoms with van der Waals surface area (Å²) < 4.78 is 4.95. The summed E-state index contributed by atoms with van der Waals surface area (Å²) in [5, 5.41) is 14.9. The zero-order chi connectivity index (χ0) is 18.9. The van der Waals surface area contributed by atoms with Gasteiger partial charge in [0.2, 0.25) is 0 Å². The minimum Gasteiger partial charge on any atom is -0.462 e. The number of carbonyl (C=O) groups excluding carboxylic acids is 2. The molecule has 0 fully saturated rings. The second-order valence-corrected chi connectivity index (χ2v) is 5.33. The predicted octanol–water partition coefficient (Wildman–Crippen LogP) is 3.37. The molecular weight excluding hydrogens is 356 g/mol. The number of rotatable bonds is 6. The highest BCUT2D eigenvalue weighted by molar-refractivity contribution is 6.30. The molecule has 0 atom stereocenters. The molecule has 0 aliphatic carbocycles. The molecule has 2 N–H and O–H groups in total. The van der Waals surface area contributed by atoms with Crippen molar-refractivity contribution in [2.75, 3.05) is 17.2 Å². The van der Waals surface area contributed by atoms with Gasteiger partial charge in [0.05, 0.1) is 22.9 Å². The van der Waals surface area contributed by atoms with Crippen LogP contribution in [0, 0.1) is 11.3 Å². The molecule has 0 aliphatic heterocycles. The molecule has 2 rings (SSSR count). The Bertz CT molecular complexity index is 873. The highest BCUT2D eigenvalue weighted by Gasteiger charge is 2.16. The number of nitrogens with zero attached hydrogens (tertiary/aromatic N) is 2. The Morgan fingerprint density at radius 1 is 1.31 bits per heavy atom. The van der Waals surface area contributed by atoms with Crippen LogP contribution in [0.15, 0.2) is 54.4 Å². The maximum atomic E-state index is 12.3. The lowest BCUT2D eigenvalue weighted by Gasteiger charge is -2.10. The van der Waals surface area contributed by atoms with Gasteiger partial charge in [0.15, 0.2) is 0 Å². The number of anilines is 2. The number of carbonyl (C=O) groups is 2. The van der Waals surface area contributed by atoms with Gasteiger partial charge in [0.25, 0.3) is 5.91 Å². The molecule has 0 unspecified atom stereocenters. The molecule has 1 amide bonds. The normalized spacial score (nSPS) is 10.6. The first kappa shape index (κ1) is 19.0. The molecule has 0 spiro atoms. The summed E-state index contributed by atoms with van der Waals surface area (Å²) in [4.78, 5) is 28.3. The predicted molar refractivity (Wildman–Crippen MR) is 97.6 cm³/mol. The monoisotopic (exact) mass is 370 g/mol. The number of para-hydroxylation sites is 1. The van der Waals surface area contributed by atoms with E-state index in [2.05, 4.69) is 15.6 Å². The summed E-state index contributed by atoms with van der Waals surface area (Å²) in [5.74, 6) is -0.818. The molecule has 0 aliphatic rings. The number of hydrogen-bond acceptors (Lipinski definition) is 6. The Hall–Kier alpha value is -3.37. The molecular formula is C18H15ClN4O3. The minimum absolute atomic E-state index is 0.194. The van der Waals surface area contributed by atoms with Crippen LogP contribution in [0.3, 0.4) is 0 Å². The molecule has 8 heteroatoms. The third-order valence-electron chi connectivity index (χ3n) is 3.13. The van der Waals surface area contributed by atoms with E-state index in [0.717, 1.165) is 0 Å². The summed E-state index contributed by atoms with van der Waals surface area (Å²) in [6.07, 6.45) is 2.65. The number of benzene rings is 1. The summed E-state index contributed by atoms with van der Waals surface area (Å²) >= 11 is 5.75. The molecule has 1 aromatic carbocycles. The van der Waals surface area contributed by atoms with Crippen molar-refractivity contribution in [2.45, 2.75) is 6.92 Å². The van der Waals surface area contributed by atoms with Gasteiger partial charge in [-0.25, -0.2) is 9.78 Å². The first-order valence-electron chi connectivity index (χ1n) is 7.61. The van der Waals surface area contributed by atoms with Crippen molar-refractivity contribution >= 4 is 35.0 Å². The van der Waals surface area contributed by atoms with Crippen molar-refractivity contribution in [3.8, 4) is 6.07 Å². The van der Waals surface area contributed by atoms with E-state index in [0.29, 0.717) is 10.8 Å². The highest BCUT2D eigenvalue weighted by Crippen LogP contribution is 2.17. The van der Waals surface area contributed by atoms with Gasteiger partial charge in [-0.1, -0.05) is 23.7 Å². The van der Waals surface area contributed by atoms with E-state index in [9.17, 15) is 14.9 Å². The summed E-state index contributed by atoms with van der Waals surface area (Å²) in [6.45, 7) is 1.90. The van der Waals surface area contributed by atoms with Crippen LogP contribution in [0.25, 0.3) is 0 Å². The van der Waals surface area contributed by atoms with E-state index in [4.69, 9.17) is 16.3 Å². The van der Waals surface area contributed by atoms with Crippen molar-refractivity contribution in [2.24, 2.45) is 0 Å². The van der Waals surface area contributed by atoms with Crippen molar-refractivity contribution in [1.29, 1.82) is 5.26 Å². The Morgan fingerprint density at radius 3 is 2.73 bits per heavy atom. The molecule has 0 saturated heterocycles. The minimum atomic E-state index is -0.675. The summed E-state index contributed by atoms with van der Waals surface area (Å²) in [6, 6.07) is 11.4. The van der Waals surface area contributed by atoms with Gasteiger partial charge < -0.3 is 15.4 Å². The van der Waals surface area contributed by atoms with E-state index >= 15 is 0 Å². The number of hydrogen-bond donors (Lipinski definition) is 2. The highest BCUT2D eigenvalue weighted by atomic mass is 35.5. The molecule has 0 radical (unpaired) electrons. The maximum absolute atomic E-state index is 12.3. The average Bonchev–Trinajstić information content (AvgIpc) is 2.64. The molecule has 1 aromatic heterocycles. The third-order valence-corrected chi connectivity index (χ3v) is 3.35. The average molecular weight is 371 g/mol. The number of nitrogens with one attached hydrogen (secondary N) is 2. The number of amides is 1. The van der Waals surface area contributed by atoms with Crippen molar-refractivity contribution in [3.63, 3.8) is 0 Å². The number of esters is 1. The quantitative estimate of drug-likeness (QED) is 0.459. The van der Waals surface area contributed by atoms with Gasteiger partial charge in [0.1, 0.15) is 17.5 Å². The zero-order valence-corrected chi connectivity index (χ0v) is 14.6. The lowest BCUT2D eigenvalue weighted by atomic mass is 10.1. The second kappa shape index (κ2) is 9.20. The number of pyridine rings is 1. The van der Waals surface area contributed by atoms with Crippen molar-refractivity contribution < 1.29 is 14.3 Å². The second-order valence-electron chi connectivity index (χ2n) is 4.90. The molecule has 0 bridgehead atoms. The van der Waals surface area contributed by atoms with Gasteiger partial charge in [-0.15, -0.1) is 0 Å². The molecule has 2 aromatic rings. The fourth-order valence-corrected chi connectivity index (χ4v) is 2.04. The first-order valence-corrected chi connectivity index (χ1v) is 7.98. The molecule has 26 heavy (non-hydrogen) atoms. The van der Waals surface area contributed by atoms with Gasteiger partial charge in [-0.05, 0) is 31.2 Å². The third kappa shape index (κ3) is 5.06. The van der Waals surface area contributed by atoms with Crippen LogP contribution in [-0.4, -0.2) is 23.5 Å². The van der Waals surface area contributed by atoms with E-state index in [1.165, 1.54) is 18.5 Å². The Morgan fingerprint density at radius 2 is 2.08 bits per heavy atom. The lowest BCUT2D eigenvalue weighted by molar-refractivity contribution is -0.112. The summed E-state index contributed by atoms with van der Waals surface area (Å²) in [5.41, 5.74) is 0.259. The van der Waals surface area contributed by atoms with Gasteiger partial charge >= 0.3 is 5.97 Å².